The van der Waals surface area contributed by atoms with Crippen LogP contribution >= 0.6 is 23.2 Å². The van der Waals surface area contributed by atoms with E-state index in [1.165, 1.54) is 0 Å². The molecular weight excluding hydrogens is 259 g/mol. The van der Waals surface area contributed by atoms with Crippen LogP contribution in [-0.4, -0.2) is 18.0 Å². The van der Waals surface area contributed by atoms with Crippen molar-refractivity contribution >= 4 is 29.0 Å². The third-order valence-corrected chi connectivity index (χ3v) is 3.43. The van der Waals surface area contributed by atoms with Gasteiger partial charge in [0.25, 0.3) is 0 Å². The van der Waals surface area contributed by atoms with Gasteiger partial charge in [0.05, 0.1) is 15.6 Å². The molecule has 0 spiro atoms. The van der Waals surface area contributed by atoms with Gasteiger partial charge in [0.1, 0.15) is 6.61 Å². The van der Waals surface area contributed by atoms with E-state index in [9.17, 15) is 4.79 Å². The molecular formula is C13H16Cl2O2. The second-order valence-electron chi connectivity index (χ2n) is 4.45. The molecule has 2 nitrogen and oxygen atoms in total. The summed E-state index contributed by atoms with van der Waals surface area (Å²) in [6.45, 7) is 5.98. The van der Waals surface area contributed by atoms with Crippen molar-refractivity contribution in [3.05, 3.63) is 33.8 Å². The summed E-state index contributed by atoms with van der Waals surface area (Å²) in [5, 5.41) is 0.824. The Morgan fingerprint density at radius 3 is 2.47 bits per heavy atom. The summed E-state index contributed by atoms with van der Waals surface area (Å²) in [4.78, 5) is 11.8. The van der Waals surface area contributed by atoms with Gasteiger partial charge in [-0.15, -0.1) is 0 Å². The average molecular weight is 275 g/mol. The average Bonchev–Trinajstić information content (AvgIpc) is 2.30. The Balaban J connectivity index is 2.68. The molecule has 0 amide bonds. The molecule has 0 aliphatic carbocycles. The fraction of sp³-hybridized carbons (Fsp3) is 0.462. The van der Waals surface area contributed by atoms with Crippen molar-refractivity contribution in [1.82, 2.24) is 0 Å². The van der Waals surface area contributed by atoms with E-state index in [0.29, 0.717) is 15.6 Å². The maximum Gasteiger partial charge on any atom is 0.188 e. The molecule has 0 heterocycles. The number of rotatable bonds is 5. The summed E-state index contributed by atoms with van der Waals surface area (Å²) in [7, 11) is 0. The number of ether oxygens (including phenoxy) is 1. The second kappa shape index (κ2) is 5.85. The van der Waals surface area contributed by atoms with Crippen molar-refractivity contribution < 1.29 is 9.53 Å². The predicted molar refractivity (Wildman–Crippen MR) is 71.1 cm³/mol. The first-order valence-electron chi connectivity index (χ1n) is 5.48. The van der Waals surface area contributed by atoms with Crippen LogP contribution in [0.5, 0.6) is 0 Å². The fourth-order valence-electron chi connectivity index (χ4n) is 1.12. The first kappa shape index (κ1) is 14.5. The Kier molecular flexibility index (Phi) is 4.99. The zero-order valence-corrected chi connectivity index (χ0v) is 11.7. The largest absolute Gasteiger partial charge is 0.367 e. The Hall–Kier alpha value is -0.570. The van der Waals surface area contributed by atoms with Crippen LogP contribution in [0.1, 0.15) is 37.6 Å². The first-order valence-corrected chi connectivity index (χ1v) is 6.23. The highest BCUT2D eigenvalue weighted by Gasteiger charge is 2.18. The normalized spacial score (nSPS) is 11.6. The second-order valence-corrected chi connectivity index (χ2v) is 5.27. The Morgan fingerprint density at radius 1 is 1.29 bits per heavy atom. The lowest BCUT2D eigenvalue weighted by Crippen LogP contribution is -2.26. The van der Waals surface area contributed by atoms with Crippen LogP contribution in [0.15, 0.2) is 18.2 Å². The molecule has 0 fully saturated rings. The highest BCUT2D eigenvalue weighted by Crippen LogP contribution is 2.23. The molecule has 4 heteroatoms. The van der Waals surface area contributed by atoms with Gasteiger partial charge < -0.3 is 4.74 Å². The van der Waals surface area contributed by atoms with Gasteiger partial charge in [0.15, 0.2) is 5.78 Å². The molecule has 1 rings (SSSR count). The molecule has 94 valence electrons. The molecule has 0 saturated heterocycles. The van der Waals surface area contributed by atoms with E-state index in [1.54, 1.807) is 18.2 Å². The summed E-state index contributed by atoms with van der Waals surface area (Å²) in [5.74, 6) is -0.0925. The molecule has 1 aromatic carbocycles. The minimum absolute atomic E-state index is 0.0544. The summed E-state index contributed by atoms with van der Waals surface area (Å²) >= 11 is 11.6. The quantitative estimate of drug-likeness (QED) is 0.745. The van der Waals surface area contributed by atoms with Crippen molar-refractivity contribution in [2.45, 2.75) is 32.8 Å². The SMILES string of the molecule is CCC(C)(C)OCC(=O)c1ccc(Cl)c(Cl)c1. The number of halogens is 2. The van der Waals surface area contributed by atoms with Crippen molar-refractivity contribution in [1.29, 1.82) is 0 Å². The van der Waals surface area contributed by atoms with E-state index in [2.05, 4.69) is 0 Å². The first-order chi connectivity index (χ1) is 7.85. The molecule has 0 N–H and O–H groups in total. The molecule has 17 heavy (non-hydrogen) atoms. The van der Waals surface area contributed by atoms with Gasteiger partial charge in [-0.1, -0.05) is 30.1 Å². The zero-order valence-electron chi connectivity index (χ0n) is 10.2. The van der Waals surface area contributed by atoms with E-state index in [4.69, 9.17) is 27.9 Å². The van der Waals surface area contributed by atoms with Gasteiger partial charge in [0, 0.05) is 5.56 Å². The van der Waals surface area contributed by atoms with E-state index in [1.807, 2.05) is 20.8 Å². The van der Waals surface area contributed by atoms with Crippen LogP contribution in [0.25, 0.3) is 0 Å². The van der Waals surface area contributed by atoms with Gasteiger partial charge in [-0.2, -0.15) is 0 Å². The molecule has 0 bridgehead atoms. The zero-order chi connectivity index (χ0) is 13.1. The topological polar surface area (TPSA) is 26.3 Å². The van der Waals surface area contributed by atoms with Crippen LogP contribution in [0.4, 0.5) is 0 Å². The molecule has 1 aromatic rings. The number of benzene rings is 1. The number of hydrogen-bond donors (Lipinski definition) is 0. The lowest BCUT2D eigenvalue weighted by Gasteiger charge is -2.22. The fourth-order valence-corrected chi connectivity index (χ4v) is 1.41. The molecule has 0 aliphatic heterocycles. The summed E-state index contributed by atoms with van der Waals surface area (Å²) < 4.78 is 5.54. The maximum atomic E-state index is 11.8. The van der Waals surface area contributed by atoms with Crippen molar-refractivity contribution in [2.75, 3.05) is 6.61 Å². The van der Waals surface area contributed by atoms with Gasteiger partial charge >= 0.3 is 0 Å². The highest BCUT2D eigenvalue weighted by atomic mass is 35.5. The molecule has 0 radical (unpaired) electrons. The molecule has 0 saturated carbocycles. The summed E-state index contributed by atoms with van der Waals surface area (Å²) in [6.07, 6.45) is 0.849. The van der Waals surface area contributed by atoms with Gasteiger partial charge in [-0.25, -0.2) is 0 Å². The monoisotopic (exact) mass is 274 g/mol. The van der Waals surface area contributed by atoms with E-state index < -0.39 is 0 Å². The molecule has 0 unspecified atom stereocenters. The third-order valence-electron chi connectivity index (χ3n) is 2.69. The van der Waals surface area contributed by atoms with Crippen molar-refractivity contribution in [3.63, 3.8) is 0 Å². The summed E-state index contributed by atoms with van der Waals surface area (Å²) in [6, 6.07) is 4.83. The number of carbonyl (C=O) groups is 1. The minimum Gasteiger partial charge on any atom is -0.367 e. The van der Waals surface area contributed by atoms with E-state index in [0.717, 1.165) is 6.42 Å². The smallest absolute Gasteiger partial charge is 0.188 e. The van der Waals surface area contributed by atoms with Gasteiger partial charge in [-0.3, -0.25) is 4.79 Å². The van der Waals surface area contributed by atoms with Crippen LogP contribution in [0.2, 0.25) is 10.0 Å². The van der Waals surface area contributed by atoms with Gasteiger partial charge in [0.2, 0.25) is 0 Å². The number of carbonyl (C=O) groups excluding carboxylic acids is 1. The Labute approximate surface area is 112 Å². The molecule has 0 aromatic heterocycles. The van der Waals surface area contributed by atoms with E-state index >= 15 is 0 Å². The minimum atomic E-state index is -0.286. The lowest BCUT2D eigenvalue weighted by molar-refractivity contribution is -0.0122. The predicted octanol–water partition coefficient (Wildman–Crippen LogP) is 4.38. The third kappa shape index (κ3) is 4.30. The Bertz CT molecular complexity index is 414. The van der Waals surface area contributed by atoms with Crippen LogP contribution < -0.4 is 0 Å². The van der Waals surface area contributed by atoms with Gasteiger partial charge in [-0.05, 0) is 38.5 Å². The van der Waals surface area contributed by atoms with Crippen molar-refractivity contribution in [3.8, 4) is 0 Å². The molecule has 0 aliphatic rings. The molecule has 0 atom stereocenters. The Morgan fingerprint density at radius 2 is 1.94 bits per heavy atom. The van der Waals surface area contributed by atoms with E-state index in [-0.39, 0.29) is 18.0 Å². The summed E-state index contributed by atoms with van der Waals surface area (Å²) in [5.41, 5.74) is 0.234. The number of ketones is 1. The number of Topliss-reactive ketones (excluding diaryl/α,β-unsaturated/α-hetero) is 1. The van der Waals surface area contributed by atoms with Crippen LogP contribution in [0, 0.1) is 0 Å². The van der Waals surface area contributed by atoms with Crippen LogP contribution in [0.3, 0.4) is 0 Å². The standard InChI is InChI=1S/C13H16Cl2O2/c1-4-13(2,3)17-8-12(16)9-5-6-10(14)11(15)7-9/h5-7H,4,8H2,1-3H3. The van der Waals surface area contributed by atoms with Crippen LogP contribution in [-0.2, 0) is 4.74 Å². The number of hydrogen-bond acceptors (Lipinski definition) is 2. The van der Waals surface area contributed by atoms with Crippen molar-refractivity contribution in [2.24, 2.45) is 0 Å². The maximum absolute atomic E-state index is 11.8. The highest BCUT2D eigenvalue weighted by molar-refractivity contribution is 6.42. The lowest BCUT2D eigenvalue weighted by atomic mass is 10.1.